The number of ether oxygens (including phenoxy) is 2. The van der Waals surface area contributed by atoms with Crippen LogP contribution in [0.25, 0.3) is 0 Å². The molecule has 0 saturated heterocycles. The highest BCUT2D eigenvalue weighted by Gasteiger charge is 2.18. The zero-order valence-corrected chi connectivity index (χ0v) is 11.5. The van der Waals surface area contributed by atoms with Crippen molar-refractivity contribution in [1.82, 2.24) is 14.9 Å². The molecule has 0 aliphatic rings. The molecule has 0 saturated carbocycles. The SMILES string of the molecule is CC(COC(=O)n1ccnc1)NC(=O)OC(C)(C)C. The molecule has 0 spiro atoms. The highest BCUT2D eigenvalue weighted by Crippen LogP contribution is 2.06. The third-order valence-electron chi connectivity index (χ3n) is 1.94. The van der Waals surface area contributed by atoms with Gasteiger partial charge in [0.2, 0.25) is 0 Å². The van der Waals surface area contributed by atoms with E-state index in [1.807, 2.05) is 0 Å². The minimum Gasteiger partial charge on any atom is -0.447 e. The Morgan fingerprint density at radius 3 is 2.63 bits per heavy atom. The number of aromatic nitrogens is 2. The molecular formula is C12H19N3O4. The van der Waals surface area contributed by atoms with Crippen molar-refractivity contribution in [2.45, 2.75) is 39.3 Å². The lowest BCUT2D eigenvalue weighted by molar-refractivity contribution is 0.0479. The Balaban J connectivity index is 2.30. The van der Waals surface area contributed by atoms with Gasteiger partial charge in [0.25, 0.3) is 0 Å². The van der Waals surface area contributed by atoms with Crippen LogP contribution in [0.3, 0.4) is 0 Å². The van der Waals surface area contributed by atoms with Crippen LogP contribution in [-0.2, 0) is 9.47 Å². The molecule has 0 aromatic carbocycles. The number of rotatable bonds is 3. The molecule has 0 aliphatic carbocycles. The number of hydrogen-bond acceptors (Lipinski definition) is 5. The molecular weight excluding hydrogens is 250 g/mol. The van der Waals surface area contributed by atoms with Gasteiger partial charge in [-0.3, -0.25) is 0 Å². The monoisotopic (exact) mass is 269 g/mol. The number of carbonyl (C=O) groups excluding carboxylic acids is 2. The molecule has 19 heavy (non-hydrogen) atoms. The zero-order chi connectivity index (χ0) is 14.5. The van der Waals surface area contributed by atoms with Gasteiger partial charge in [0.15, 0.2) is 0 Å². The van der Waals surface area contributed by atoms with Gasteiger partial charge in [0, 0.05) is 12.4 Å². The van der Waals surface area contributed by atoms with Gasteiger partial charge in [-0.2, -0.15) is 0 Å². The van der Waals surface area contributed by atoms with Crippen molar-refractivity contribution >= 4 is 12.2 Å². The Hall–Kier alpha value is -2.05. The maximum absolute atomic E-state index is 11.5. The molecule has 106 valence electrons. The largest absolute Gasteiger partial charge is 0.447 e. The summed E-state index contributed by atoms with van der Waals surface area (Å²) in [4.78, 5) is 26.7. The van der Waals surface area contributed by atoms with Crippen LogP contribution in [0.2, 0.25) is 0 Å². The van der Waals surface area contributed by atoms with E-state index in [0.29, 0.717) is 0 Å². The Labute approximate surface area is 111 Å². The van der Waals surface area contributed by atoms with Crippen LogP contribution in [0.5, 0.6) is 0 Å². The lowest BCUT2D eigenvalue weighted by Gasteiger charge is -2.21. The maximum Gasteiger partial charge on any atom is 0.419 e. The van der Waals surface area contributed by atoms with Gasteiger partial charge in [0.1, 0.15) is 18.5 Å². The number of hydrogen-bond donors (Lipinski definition) is 1. The molecule has 1 rings (SSSR count). The Morgan fingerprint density at radius 2 is 2.11 bits per heavy atom. The van der Waals surface area contributed by atoms with E-state index < -0.39 is 17.8 Å². The summed E-state index contributed by atoms with van der Waals surface area (Å²) in [6.45, 7) is 7.09. The fraction of sp³-hybridized carbons (Fsp3) is 0.583. The molecule has 1 aromatic heterocycles. The average Bonchev–Trinajstić information content (AvgIpc) is 2.76. The quantitative estimate of drug-likeness (QED) is 0.904. The van der Waals surface area contributed by atoms with Crippen molar-refractivity contribution in [1.29, 1.82) is 0 Å². The summed E-state index contributed by atoms with van der Waals surface area (Å²) in [6.07, 6.45) is 3.21. The minimum absolute atomic E-state index is 0.0518. The molecule has 1 heterocycles. The van der Waals surface area contributed by atoms with Crippen molar-refractivity contribution < 1.29 is 19.1 Å². The maximum atomic E-state index is 11.5. The Kier molecular flexibility index (Phi) is 4.91. The van der Waals surface area contributed by atoms with E-state index >= 15 is 0 Å². The predicted octanol–water partition coefficient (Wildman–Crippen LogP) is 1.78. The predicted molar refractivity (Wildman–Crippen MR) is 67.8 cm³/mol. The summed E-state index contributed by atoms with van der Waals surface area (Å²) >= 11 is 0. The van der Waals surface area contributed by atoms with Crippen molar-refractivity contribution in [2.24, 2.45) is 0 Å². The van der Waals surface area contributed by atoms with Gasteiger partial charge in [-0.15, -0.1) is 0 Å². The molecule has 1 atom stereocenters. The van der Waals surface area contributed by atoms with E-state index in [1.54, 1.807) is 27.7 Å². The number of carbonyl (C=O) groups is 2. The number of amides is 1. The summed E-state index contributed by atoms with van der Waals surface area (Å²) < 4.78 is 11.3. The number of nitrogens with zero attached hydrogens (tertiary/aromatic N) is 2. The molecule has 1 N–H and O–H groups in total. The van der Waals surface area contributed by atoms with Crippen molar-refractivity contribution in [3.63, 3.8) is 0 Å². The highest BCUT2D eigenvalue weighted by molar-refractivity contribution is 5.70. The number of alkyl carbamates (subject to hydrolysis) is 1. The summed E-state index contributed by atoms with van der Waals surface area (Å²) in [5, 5.41) is 2.57. The van der Waals surface area contributed by atoms with Gasteiger partial charge in [0.05, 0.1) is 6.04 Å². The molecule has 0 bridgehead atoms. The Morgan fingerprint density at radius 1 is 1.42 bits per heavy atom. The van der Waals surface area contributed by atoms with Crippen LogP contribution in [-0.4, -0.2) is 40.0 Å². The van der Waals surface area contributed by atoms with Crippen LogP contribution in [0.4, 0.5) is 9.59 Å². The smallest absolute Gasteiger partial charge is 0.419 e. The van der Waals surface area contributed by atoms with Crippen LogP contribution in [0.15, 0.2) is 18.7 Å². The van der Waals surface area contributed by atoms with E-state index in [1.165, 1.54) is 23.3 Å². The van der Waals surface area contributed by atoms with Gasteiger partial charge < -0.3 is 14.8 Å². The first kappa shape index (κ1) is 15.0. The zero-order valence-electron chi connectivity index (χ0n) is 11.5. The molecule has 1 aromatic rings. The van der Waals surface area contributed by atoms with E-state index in [4.69, 9.17) is 9.47 Å². The van der Waals surface area contributed by atoms with Gasteiger partial charge in [-0.1, -0.05) is 0 Å². The van der Waals surface area contributed by atoms with Crippen molar-refractivity contribution in [3.8, 4) is 0 Å². The summed E-state index contributed by atoms with van der Waals surface area (Å²) in [5.41, 5.74) is -0.558. The lowest BCUT2D eigenvalue weighted by Crippen LogP contribution is -2.40. The first-order valence-electron chi connectivity index (χ1n) is 5.92. The number of nitrogens with one attached hydrogen (secondary N) is 1. The van der Waals surface area contributed by atoms with Crippen molar-refractivity contribution in [3.05, 3.63) is 18.7 Å². The topological polar surface area (TPSA) is 82.5 Å². The Bertz CT molecular complexity index is 423. The fourth-order valence-electron chi connectivity index (χ4n) is 1.19. The second-order valence-electron chi connectivity index (χ2n) is 5.09. The first-order chi connectivity index (χ1) is 8.78. The van der Waals surface area contributed by atoms with Gasteiger partial charge in [-0.05, 0) is 27.7 Å². The summed E-state index contributed by atoms with van der Waals surface area (Å²) in [5.74, 6) is 0. The van der Waals surface area contributed by atoms with E-state index in [2.05, 4.69) is 10.3 Å². The molecule has 0 fully saturated rings. The highest BCUT2D eigenvalue weighted by atomic mass is 16.6. The van der Waals surface area contributed by atoms with E-state index in [9.17, 15) is 9.59 Å². The average molecular weight is 269 g/mol. The second-order valence-corrected chi connectivity index (χ2v) is 5.09. The van der Waals surface area contributed by atoms with Crippen LogP contribution >= 0.6 is 0 Å². The normalized spacial score (nSPS) is 12.6. The first-order valence-corrected chi connectivity index (χ1v) is 5.92. The molecule has 1 amide bonds. The third-order valence-corrected chi connectivity index (χ3v) is 1.94. The van der Waals surface area contributed by atoms with Crippen LogP contribution in [0.1, 0.15) is 27.7 Å². The lowest BCUT2D eigenvalue weighted by atomic mass is 10.2. The molecule has 7 heteroatoms. The molecule has 0 radical (unpaired) electrons. The molecule has 0 aliphatic heterocycles. The minimum atomic E-state index is -0.558. The molecule has 1 unspecified atom stereocenters. The summed E-state index contributed by atoms with van der Waals surface area (Å²) in [7, 11) is 0. The number of imidazole rings is 1. The fourth-order valence-corrected chi connectivity index (χ4v) is 1.19. The third kappa shape index (κ3) is 5.89. The summed E-state index contributed by atoms with van der Waals surface area (Å²) in [6, 6.07) is -0.345. The van der Waals surface area contributed by atoms with E-state index in [-0.39, 0.29) is 12.6 Å². The van der Waals surface area contributed by atoms with E-state index in [0.717, 1.165) is 0 Å². The van der Waals surface area contributed by atoms with Gasteiger partial charge in [-0.25, -0.2) is 19.1 Å². The molecule has 7 nitrogen and oxygen atoms in total. The second kappa shape index (κ2) is 6.21. The standard InChI is InChI=1S/C12H19N3O4/c1-9(14-10(16)19-12(2,3)4)7-18-11(17)15-6-5-13-8-15/h5-6,8-9H,7H2,1-4H3,(H,14,16). The van der Waals surface area contributed by atoms with Crippen LogP contribution in [0, 0.1) is 0 Å². The van der Waals surface area contributed by atoms with Gasteiger partial charge >= 0.3 is 12.2 Å². The van der Waals surface area contributed by atoms with Crippen LogP contribution < -0.4 is 5.32 Å². The van der Waals surface area contributed by atoms with Crippen molar-refractivity contribution in [2.75, 3.05) is 6.61 Å².